The molecule has 2 bridgehead atoms. The van der Waals surface area contributed by atoms with Crippen molar-refractivity contribution in [1.29, 1.82) is 0 Å². The molecule has 3 fully saturated rings. The standard InChI is InChI=1S/C36H43N3O8/c1-4-6-13-29(41)46-23-27(24-11-8-7-9-12-24)37-33(42)30-28-18-19-36(47-28)31(30)34(43)39(21-10-22-40)32(36)35(44)38(20-5-2)25-14-16-26(45-3)17-15-25/h4-5,7-9,11-12,14-17,27-28,30-32,40H,1-2,6,10,13,18-23H2,3H3,(H,37,42)/t27-,28-,30+,31+,32-,36+/m0/s1. The van der Waals surface area contributed by atoms with Gasteiger partial charge in [0, 0.05) is 31.8 Å². The van der Waals surface area contributed by atoms with E-state index in [0.29, 0.717) is 30.7 Å². The first-order valence-corrected chi connectivity index (χ1v) is 16.1. The quantitative estimate of drug-likeness (QED) is 0.210. The van der Waals surface area contributed by atoms with Gasteiger partial charge in [-0.15, -0.1) is 13.2 Å². The summed E-state index contributed by atoms with van der Waals surface area (Å²) in [4.78, 5) is 58.4. The minimum atomic E-state index is -1.22. The van der Waals surface area contributed by atoms with Gasteiger partial charge in [0.2, 0.25) is 11.8 Å². The molecule has 47 heavy (non-hydrogen) atoms. The second kappa shape index (κ2) is 15.0. The molecule has 3 heterocycles. The summed E-state index contributed by atoms with van der Waals surface area (Å²) < 4.78 is 17.4. The van der Waals surface area contributed by atoms with Crippen LogP contribution in [-0.2, 0) is 28.7 Å². The molecule has 2 aromatic carbocycles. The molecule has 2 N–H and O–H groups in total. The number of methoxy groups -OCH3 is 1. The monoisotopic (exact) mass is 645 g/mol. The molecule has 5 rings (SSSR count). The maximum atomic E-state index is 14.6. The summed E-state index contributed by atoms with van der Waals surface area (Å²) in [5.74, 6) is -2.64. The minimum Gasteiger partial charge on any atom is -0.497 e. The number of likely N-dealkylation sites (tertiary alicyclic amines) is 1. The zero-order valence-electron chi connectivity index (χ0n) is 26.7. The Morgan fingerprint density at radius 2 is 1.89 bits per heavy atom. The predicted octanol–water partition coefficient (Wildman–Crippen LogP) is 3.34. The summed E-state index contributed by atoms with van der Waals surface area (Å²) in [7, 11) is 1.56. The lowest BCUT2D eigenvalue weighted by Crippen LogP contribution is -2.56. The van der Waals surface area contributed by atoms with Crippen LogP contribution in [0.4, 0.5) is 5.69 Å². The third-order valence-corrected chi connectivity index (χ3v) is 9.34. The van der Waals surface area contributed by atoms with Gasteiger partial charge in [-0.3, -0.25) is 19.2 Å². The van der Waals surface area contributed by atoms with Gasteiger partial charge < -0.3 is 34.4 Å². The number of carbonyl (C=O) groups is 4. The van der Waals surface area contributed by atoms with E-state index in [-0.39, 0.29) is 51.0 Å². The smallest absolute Gasteiger partial charge is 0.306 e. The van der Waals surface area contributed by atoms with Crippen LogP contribution < -0.4 is 15.0 Å². The van der Waals surface area contributed by atoms with E-state index in [1.165, 1.54) is 4.90 Å². The van der Waals surface area contributed by atoms with Crippen molar-refractivity contribution in [1.82, 2.24) is 10.2 Å². The average Bonchev–Trinajstić information content (AvgIpc) is 3.74. The second-order valence-corrected chi connectivity index (χ2v) is 12.1. The van der Waals surface area contributed by atoms with E-state index in [4.69, 9.17) is 14.2 Å². The van der Waals surface area contributed by atoms with Gasteiger partial charge in [-0.05, 0) is 55.5 Å². The van der Waals surface area contributed by atoms with Crippen LogP contribution in [0.15, 0.2) is 79.9 Å². The number of benzene rings is 2. The van der Waals surface area contributed by atoms with Gasteiger partial charge in [0.15, 0.2) is 0 Å². The maximum absolute atomic E-state index is 14.6. The number of ether oxygens (including phenoxy) is 3. The lowest BCUT2D eigenvalue weighted by Gasteiger charge is -2.36. The van der Waals surface area contributed by atoms with E-state index < -0.39 is 47.5 Å². The van der Waals surface area contributed by atoms with Gasteiger partial charge in [0.25, 0.3) is 5.91 Å². The summed E-state index contributed by atoms with van der Waals surface area (Å²) in [5.41, 5.74) is 0.119. The fourth-order valence-electron chi connectivity index (χ4n) is 7.22. The third kappa shape index (κ3) is 6.68. The molecule has 11 heteroatoms. The van der Waals surface area contributed by atoms with Gasteiger partial charge in [-0.2, -0.15) is 0 Å². The first-order valence-electron chi connectivity index (χ1n) is 16.1. The van der Waals surface area contributed by atoms with E-state index >= 15 is 0 Å². The molecule has 2 aromatic rings. The van der Waals surface area contributed by atoms with Gasteiger partial charge in [-0.25, -0.2) is 0 Å². The summed E-state index contributed by atoms with van der Waals surface area (Å²) >= 11 is 0. The van der Waals surface area contributed by atoms with Crippen LogP contribution in [0, 0.1) is 11.8 Å². The van der Waals surface area contributed by atoms with Crippen molar-refractivity contribution < 1.29 is 38.5 Å². The zero-order valence-corrected chi connectivity index (χ0v) is 26.7. The molecule has 0 radical (unpaired) electrons. The van der Waals surface area contributed by atoms with E-state index in [9.17, 15) is 24.3 Å². The summed E-state index contributed by atoms with van der Waals surface area (Å²) in [6.45, 7) is 7.53. The number of carbonyl (C=O) groups excluding carboxylic acids is 4. The number of nitrogens with one attached hydrogen (secondary N) is 1. The van der Waals surface area contributed by atoms with E-state index in [1.807, 2.05) is 30.3 Å². The number of allylic oxidation sites excluding steroid dienone is 1. The molecular formula is C36H43N3O8. The van der Waals surface area contributed by atoms with Crippen molar-refractivity contribution in [3.05, 3.63) is 85.5 Å². The van der Waals surface area contributed by atoms with E-state index in [1.54, 1.807) is 48.4 Å². The lowest BCUT2D eigenvalue weighted by atomic mass is 9.70. The van der Waals surface area contributed by atoms with Crippen LogP contribution in [0.25, 0.3) is 0 Å². The normalized spacial score (nSPS) is 24.7. The summed E-state index contributed by atoms with van der Waals surface area (Å²) in [6, 6.07) is 14.5. The fourth-order valence-corrected chi connectivity index (χ4v) is 7.22. The molecule has 3 saturated heterocycles. The van der Waals surface area contributed by atoms with Crippen molar-refractivity contribution in [3.63, 3.8) is 0 Å². The molecule has 0 unspecified atom stereocenters. The number of fused-ring (bicyclic) bond motifs is 1. The Morgan fingerprint density at radius 3 is 2.55 bits per heavy atom. The molecule has 6 atom stereocenters. The van der Waals surface area contributed by atoms with Crippen LogP contribution in [-0.4, -0.2) is 84.9 Å². The Labute approximate surface area is 275 Å². The Morgan fingerprint density at radius 1 is 1.15 bits per heavy atom. The Balaban J connectivity index is 1.44. The number of aliphatic hydroxyl groups is 1. The molecule has 3 amide bonds. The van der Waals surface area contributed by atoms with Gasteiger partial charge in [0.05, 0.1) is 31.1 Å². The number of anilines is 1. The van der Waals surface area contributed by atoms with Crippen molar-refractivity contribution in [2.75, 3.05) is 38.3 Å². The van der Waals surface area contributed by atoms with Gasteiger partial charge in [0.1, 0.15) is 24.0 Å². The van der Waals surface area contributed by atoms with Gasteiger partial charge in [-0.1, -0.05) is 42.5 Å². The van der Waals surface area contributed by atoms with Crippen LogP contribution in [0.1, 0.15) is 43.7 Å². The number of amides is 3. The fraction of sp³-hybridized carbons (Fsp3) is 0.444. The van der Waals surface area contributed by atoms with Crippen molar-refractivity contribution >= 4 is 29.4 Å². The number of nitrogens with zero attached hydrogens (tertiary/aromatic N) is 2. The number of hydrogen-bond acceptors (Lipinski definition) is 8. The summed E-state index contributed by atoms with van der Waals surface area (Å²) in [6.07, 6.45) is 4.52. The summed E-state index contributed by atoms with van der Waals surface area (Å²) in [5, 5.41) is 12.7. The Kier molecular flexibility index (Phi) is 10.8. The molecule has 11 nitrogen and oxygen atoms in total. The molecule has 0 saturated carbocycles. The highest BCUT2D eigenvalue weighted by atomic mass is 16.5. The molecule has 3 aliphatic heterocycles. The molecule has 0 aromatic heterocycles. The van der Waals surface area contributed by atoms with Crippen molar-refractivity contribution in [2.45, 2.75) is 55.9 Å². The van der Waals surface area contributed by atoms with Crippen LogP contribution in [0.5, 0.6) is 5.75 Å². The van der Waals surface area contributed by atoms with Crippen molar-refractivity contribution in [2.24, 2.45) is 11.8 Å². The highest BCUT2D eigenvalue weighted by Crippen LogP contribution is 2.58. The number of aliphatic hydroxyl groups excluding tert-OH is 1. The molecule has 3 aliphatic rings. The van der Waals surface area contributed by atoms with Crippen LogP contribution in [0.2, 0.25) is 0 Å². The second-order valence-electron chi connectivity index (χ2n) is 12.1. The zero-order chi connectivity index (χ0) is 33.6. The topological polar surface area (TPSA) is 135 Å². The first kappa shape index (κ1) is 33.9. The van der Waals surface area contributed by atoms with E-state index in [2.05, 4.69) is 18.5 Å². The van der Waals surface area contributed by atoms with Crippen LogP contribution in [0.3, 0.4) is 0 Å². The highest BCUT2D eigenvalue weighted by molar-refractivity contribution is 6.05. The molecule has 250 valence electrons. The highest BCUT2D eigenvalue weighted by Gasteiger charge is 2.74. The Hall–Kier alpha value is -4.48. The number of hydrogen-bond donors (Lipinski definition) is 2. The van der Waals surface area contributed by atoms with E-state index in [0.717, 1.165) is 5.56 Å². The molecule has 0 aliphatic carbocycles. The SMILES string of the molecule is C=CCCC(=O)OC[C@H](NC(=O)[C@@H]1[C@@H]2CC[C@]3(O2)[C@H](C(=O)N(CC=C)c2ccc(OC)cc2)N(CCCO)C(=O)[C@@H]13)c1ccccc1. The van der Waals surface area contributed by atoms with Crippen molar-refractivity contribution in [3.8, 4) is 5.75 Å². The minimum absolute atomic E-state index is 0.0875. The largest absolute Gasteiger partial charge is 0.497 e. The maximum Gasteiger partial charge on any atom is 0.306 e. The number of rotatable bonds is 16. The molecule has 1 spiro atoms. The van der Waals surface area contributed by atoms with Crippen LogP contribution >= 0.6 is 0 Å². The predicted molar refractivity (Wildman–Crippen MR) is 174 cm³/mol. The van der Waals surface area contributed by atoms with Gasteiger partial charge >= 0.3 is 5.97 Å². The first-order chi connectivity index (χ1) is 22.8. The third-order valence-electron chi connectivity index (χ3n) is 9.34. The average molecular weight is 646 g/mol. The lowest BCUT2D eigenvalue weighted by molar-refractivity contribution is -0.146. The Bertz CT molecular complexity index is 1460. The molecular weight excluding hydrogens is 602 g/mol. The number of esters is 1.